The molecule has 3 aromatic rings. The highest BCUT2D eigenvalue weighted by atomic mass is 32.2. The smallest absolute Gasteiger partial charge is 0.243 e. The zero-order chi connectivity index (χ0) is 25.9. The summed E-state index contributed by atoms with van der Waals surface area (Å²) in [5, 5.41) is 1.99. The SMILES string of the molecule is CC[C@@H](C)N(CC(=O)N1CCc2sccc2[C@@H]1COc1cccc(F)c1)S(=O)(=O)c1ccc(C)cc1. The minimum absolute atomic E-state index is 0.146. The van der Waals surface area contributed by atoms with Crippen LogP contribution in [0.3, 0.4) is 0 Å². The number of hydrogen-bond acceptors (Lipinski definition) is 5. The van der Waals surface area contributed by atoms with E-state index in [1.807, 2.05) is 32.2 Å². The van der Waals surface area contributed by atoms with Crippen LogP contribution in [0, 0.1) is 12.7 Å². The lowest BCUT2D eigenvalue weighted by molar-refractivity contribution is -0.135. The van der Waals surface area contributed by atoms with Gasteiger partial charge in [-0.3, -0.25) is 4.79 Å². The number of amides is 1. The molecule has 0 spiro atoms. The molecule has 0 radical (unpaired) electrons. The van der Waals surface area contributed by atoms with Gasteiger partial charge in [-0.05, 0) is 68.0 Å². The summed E-state index contributed by atoms with van der Waals surface area (Å²) in [6.07, 6.45) is 1.27. The van der Waals surface area contributed by atoms with Crippen molar-refractivity contribution in [3.05, 3.63) is 81.8 Å². The molecule has 1 amide bonds. The molecule has 1 aliphatic rings. The van der Waals surface area contributed by atoms with Crippen molar-refractivity contribution in [3.8, 4) is 5.75 Å². The van der Waals surface area contributed by atoms with Crippen molar-refractivity contribution in [1.82, 2.24) is 9.21 Å². The molecule has 9 heteroatoms. The fraction of sp³-hybridized carbons (Fsp3) is 0.370. The third-order valence-electron chi connectivity index (χ3n) is 6.62. The Balaban J connectivity index is 1.59. The minimum Gasteiger partial charge on any atom is -0.491 e. The number of carbonyl (C=O) groups is 1. The van der Waals surface area contributed by atoms with Crippen LogP contribution in [-0.2, 0) is 21.2 Å². The molecular weight excluding hydrogens is 499 g/mol. The Morgan fingerprint density at radius 3 is 2.67 bits per heavy atom. The highest BCUT2D eigenvalue weighted by molar-refractivity contribution is 7.89. The molecule has 2 heterocycles. The van der Waals surface area contributed by atoms with Gasteiger partial charge in [-0.1, -0.05) is 30.7 Å². The minimum atomic E-state index is -3.88. The standard InChI is InChI=1S/C27H31FN2O4S2/c1-4-20(3)30(36(32,33)23-10-8-19(2)9-11-23)17-27(31)29-14-12-26-24(13-15-35-26)25(29)18-34-22-7-5-6-21(28)16-22/h5-11,13,15-16,20,25H,4,12,14,17-18H2,1-3H3/t20-,25+/m1/s1. The van der Waals surface area contributed by atoms with Crippen molar-refractivity contribution in [1.29, 1.82) is 0 Å². The number of nitrogens with zero attached hydrogens (tertiary/aromatic N) is 2. The highest BCUT2D eigenvalue weighted by Gasteiger charge is 2.36. The van der Waals surface area contributed by atoms with E-state index in [4.69, 9.17) is 4.74 Å². The summed E-state index contributed by atoms with van der Waals surface area (Å²) in [5.74, 6) is -0.297. The summed E-state index contributed by atoms with van der Waals surface area (Å²) < 4.78 is 47.9. The number of fused-ring (bicyclic) bond motifs is 1. The maximum atomic E-state index is 13.7. The lowest BCUT2D eigenvalue weighted by Crippen LogP contribution is -2.49. The van der Waals surface area contributed by atoms with Crippen LogP contribution in [0.25, 0.3) is 0 Å². The Morgan fingerprint density at radius 2 is 1.97 bits per heavy atom. The number of ether oxygens (including phenoxy) is 1. The fourth-order valence-corrected chi connectivity index (χ4v) is 6.94. The van der Waals surface area contributed by atoms with Gasteiger partial charge in [0, 0.05) is 23.5 Å². The Kier molecular flexibility index (Phi) is 8.12. The first-order valence-corrected chi connectivity index (χ1v) is 14.3. The summed E-state index contributed by atoms with van der Waals surface area (Å²) in [7, 11) is -3.88. The van der Waals surface area contributed by atoms with E-state index in [9.17, 15) is 17.6 Å². The van der Waals surface area contributed by atoms with E-state index in [0.717, 1.165) is 11.1 Å². The molecule has 0 N–H and O–H groups in total. The molecule has 0 bridgehead atoms. The van der Waals surface area contributed by atoms with Gasteiger partial charge in [0.25, 0.3) is 0 Å². The molecule has 1 aromatic heterocycles. The zero-order valence-electron chi connectivity index (χ0n) is 20.7. The van der Waals surface area contributed by atoms with Crippen LogP contribution in [0.15, 0.2) is 64.9 Å². The van der Waals surface area contributed by atoms with Crippen LogP contribution in [0.4, 0.5) is 4.39 Å². The summed E-state index contributed by atoms with van der Waals surface area (Å²) in [6, 6.07) is 13.8. The third-order valence-corrected chi connectivity index (χ3v) is 9.59. The van der Waals surface area contributed by atoms with Gasteiger partial charge >= 0.3 is 0 Å². The van der Waals surface area contributed by atoms with Crippen molar-refractivity contribution >= 4 is 27.3 Å². The largest absolute Gasteiger partial charge is 0.491 e. The van der Waals surface area contributed by atoms with E-state index in [2.05, 4.69) is 0 Å². The normalized spacial score (nSPS) is 16.6. The van der Waals surface area contributed by atoms with Gasteiger partial charge in [-0.2, -0.15) is 4.31 Å². The van der Waals surface area contributed by atoms with E-state index in [1.54, 1.807) is 52.6 Å². The molecule has 2 atom stereocenters. The molecule has 0 aliphatic carbocycles. The van der Waals surface area contributed by atoms with Crippen LogP contribution in [0.2, 0.25) is 0 Å². The van der Waals surface area contributed by atoms with E-state index < -0.39 is 21.9 Å². The molecule has 1 aliphatic heterocycles. The van der Waals surface area contributed by atoms with E-state index in [-0.39, 0.29) is 30.0 Å². The number of halogens is 1. The van der Waals surface area contributed by atoms with Crippen molar-refractivity contribution in [2.24, 2.45) is 0 Å². The molecule has 0 saturated heterocycles. The van der Waals surface area contributed by atoms with Crippen LogP contribution < -0.4 is 4.74 Å². The Labute approximate surface area is 216 Å². The second-order valence-electron chi connectivity index (χ2n) is 9.04. The third kappa shape index (κ3) is 5.63. The van der Waals surface area contributed by atoms with Gasteiger partial charge in [-0.15, -0.1) is 11.3 Å². The van der Waals surface area contributed by atoms with E-state index in [0.29, 0.717) is 25.1 Å². The molecule has 2 aromatic carbocycles. The quantitative estimate of drug-likeness (QED) is 0.382. The van der Waals surface area contributed by atoms with E-state index in [1.165, 1.54) is 21.3 Å². The monoisotopic (exact) mass is 530 g/mol. The number of thiophene rings is 1. The van der Waals surface area contributed by atoms with Gasteiger partial charge < -0.3 is 9.64 Å². The maximum Gasteiger partial charge on any atom is 0.243 e. The molecular formula is C27H31FN2O4S2. The van der Waals surface area contributed by atoms with Crippen molar-refractivity contribution in [2.45, 2.75) is 50.6 Å². The van der Waals surface area contributed by atoms with E-state index >= 15 is 0 Å². The molecule has 192 valence electrons. The Bertz CT molecular complexity index is 1310. The van der Waals surface area contributed by atoms with Crippen molar-refractivity contribution in [2.75, 3.05) is 19.7 Å². The average molecular weight is 531 g/mol. The lowest BCUT2D eigenvalue weighted by atomic mass is 10.0. The van der Waals surface area contributed by atoms with Gasteiger partial charge in [0.1, 0.15) is 18.2 Å². The molecule has 6 nitrogen and oxygen atoms in total. The summed E-state index contributed by atoms with van der Waals surface area (Å²) in [6.45, 7) is 5.96. The summed E-state index contributed by atoms with van der Waals surface area (Å²) in [5.41, 5.74) is 1.95. The molecule has 36 heavy (non-hydrogen) atoms. The lowest BCUT2D eigenvalue weighted by Gasteiger charge is -2.37. The number of carbonyl (C=O) groups excluding carboxylic acids is 1. The fourth-order valence-electron chi connectivity index (χ4n) is 4.36. The van der Waals surface area contributed by atoms with Crippen molar-refractivity contribution < 1.29 is 22.3 Å². The predicted molar refractivity (Wildman–Crippen MR) is 139 cm³/mol. The number of hydrogen-bond donors (Lipinski definition) is 0. The molecule has 0 saturated carbocycles. The first kappa shape index (κ1) is 26.3. The topological polar surface area (TPSA) is 66.9 Å². The number of benzene rings is 2. The van der Waals surface area contributed by atoms with Crippen LogP contribution >= 0.6 is 11.3 Å². The molecule has 4 rings (SSSR count). The second kappa shape index (κ2) is 11.1. The van der Waals surface area contributed by atoms with Crippen LogP contribution in [0.1, 0.15) is 42.3 Å². The van der Waals surface area contributed by atoms with Crippen molar-refractivity contribution in [3.63, 3.8) is 0 Å². The summed E-state index contributed by atoms with van der Waals surface area (Å²) >= 11 is 1.63. The van der Waals surface area contributed by atoms with Gasteiger partial charge in [0.05, 0.1) is 17.5 Å². The number of aryl methyl sites for hydroxylation is 1. The average Bonchev–Trinajstić information content (AvgIpc) is 3.34. The summed E-state index contributed by atoms with van der Waals surface area (Å²) in [4.78, 5) is 16.7. The predicted octanol–water partition coefficient (Wildman–Crippen LogP) is 5.19. The number of sulfonamides is 1. The Morgan fingerprint density at radius 1 is 1.22 bits per heavy atom. The zero-order valence-corrected chi connectivity index (χ0v) is 22.3. The number of rotatable bonds is 9. The van der Waals surface area contributed by atoms with Gasteiger partial charge in [0.15, 0.2) is 0 Å². The van der Waals surface area contributed by atoms with Crippen LogP contribution in [0.5, 0.6) is 5.75 Å². The highest BCUT2D eigenvalue weighted by Crippen LogP contribution is 2.34. The second-order valence-corrected chi connectivity index (χ2v) is 11.9. The molecule has 0 unspecified atom stereocenters. The first-order valence-electron chi connectivity index (χ1n) is 12.0. The first-order chi connectivity index (χ1) is 17.2. The maximum absolute atomic E-state index is 13.7. The van der Waals surface area contributed by atoms with Crippen LogP contribution in [-0.4, -0.2) is 49.3 Å². The Hall–Kier alpha value is -2.75. The molecule has 0 fully saturated rings. The van der Waals surface area contributed by atoms with Gasteiger partial charge in [0.2, 0.25) is 15.9 Å². The van der Waals surface area contributed by atoms with Gasteiger partial charge in [-0.25, -0.2) is 12.8 Å².